The number of ether oxygens (including phenoxy) is 3. The number of fused-ring (bicyclic) bond motifs is 1. The fourth-order valence-corrected chi connectivity index (χ4v) is 6.06. The van der Waals surface area contributed by atoms with Gasteiger partial charge in [0.2, 0.25) is 12.7 Å². The number of alkyl halides is 3. The largest absolute Gasteiger partial charge is 0.454 e. The molecular weight excluding hydrogens is 543 g/mol. The van der Waals surface area contributed by atoms with Gasteiger partial charge in [0.1, 0.15) is 0 Å². The summed E-state index contributed by atoms with van der Waals surface area (Å²) in [7, 11) is 0. The number of benzene rings is 2. The van der Waals surface area contributed by atoms with Crippen LogP contribution in [0.25, 0.3) is 0 Å². The summed E-state index contributed by atoms with van der Waals surface area (Å²) in [6, 6.07) is 9.58. The van der Waals surface area contributed by atoms with E-state index in [1.165, 1.54) is 6.07 Å². The Morgan fingerprint density at radius 2 is 1.85 bits per heavy atom. The zero-order valence-electron chi connectivity index (χ0n) is 22.7. The highest BCUT2D eigenvalue weighted by Gasteiger charge is 2.48. The second kappa shape index (κ2) is 11.9. The van der Waals surface area contributed by atoms with Gasteiger partial charge in [-0.05, 0) is 68.5 Å². The summed E-state index contributed by atoms with van der Waals surface area (Å²) >= 11 is 0. The molecule has 0 bridgehead atoms. The summed E-state index contributed by atoms with van der Waals surface area (Å²) in [5, 5.41) is 15.7. The second-order valence-electron chi connectivity index (χ2n) is 10.7. The molecule has 0 radical (unpaired) electrons. The molecule has 0 spiro atoms. The molecule has 2 aliphatic heterocycles. The highest BCUT2D eigenvalue weighted by Crippen LogP contribution is 2.47. The molecule has 2 aromatic carbocycles. The van der Waals surface area contributed by atoms with Gasteiger partial charge < -0.3 is 30.0 Å². The molecule has 3 N–H and O–H groups in total. The lowest BCUT2D eigenvalue weighted by molar-refractivity contribution is -0.137. The van der Waals surface area contributed by atoms with Crippen molar-refractivity contribution in [3.05, 3.63) is 59.2 Å². The topological polar surface area (TPSA) is 109 Å². The first-order chi connectivity index (χ1) is 19.6. The number of aliphatic hydroxyl groups excluding tert-OH is 1. The third-order valence-electron chi connectivity index (χ3n) is 8.15. The molecule has 9 nitrogen and oxygen atoms in total. The summed E-state index contributed by atoms with van der Waals surface area (Å²) in [4.78, 5) is 27.6. The Balaban J connectivity index is 1.27. The number of amides is 2. The SMILES string of the molecule is CCO[C@H]1CN(C2(c3ccc4c(c3)OCO4)CCC(O)CC2)C[C@@H]1NC(=O)CNC(=O)c1cccc(C(F)(F)F)c1. The van der Waals surface area contributed by atoms with E-state index in [1.54, 1.807) is 0 Å². The number of aliphatic hydroxyl groups is 1. The monoisotopic (exact) mass is 577 g/mol. The van der Waals surface area contributed by atoms with E-state index in [1.807, 2.05) is 25.1 Å². The molecular formula is C29H34F3N3O6. The Bertz CT molecular complexity index is 1260. The molecule has 2 fully saturated rings. The molecule has 2 heterocycles. The standard InChI is InChI=1S/C29H34F3N3O6/c1-2-39-25-16-35(28(10-8-21(36)9-11-28)19-6-7-23-24(13-19)41-17-40-23)15-22(25)34-26(37)14-33-27(38)18-4-3-5-20(12-18)29(30,31)32/h3-7,12-13,21-22,25,36H,2,8-11,14-17H2,1H3,(H,33,38)(H,34,37)/t21?,22-,25-,28?/m0/s1. The molecule has 222 valence electrons. The maximum absolute atomic E-state index is 13.0. The highest BCUT2D eigenvalue weighted by atomic mass is 19.4. The van der Waals surface area contributed by atoms with Crippen molar-refractivity contribution in [1.29, 1.82) is 0 Å². The molecule has 1 saturated heterocycles. The Hall–Kier alpha value is -3.35. The number of hydrogen-bond donors (Lipinski definition) is 3. The average molecular weight is 578 g/mol. The first-order valence-electron chi connectivity index (χ1n) is 13.8. The molecule has 5 rings (SSSR count). The summed E-state index contributed by atoms with van der Waals surface area (Å²) in [5.41, 5.74) is -0.486. The number of likely N-dealkylation sites (tertiary alicyclic amines) is 1. The van der Waals surface area contributed by atoms with E-state index in [0.29, 0.717) is 56.9 Å². The van der Waals surface area contributed by atoms with E-state index in [2.05, 4.69) is 15.5 Å². The average Bonchev–Trinajstić information content (AvgIpc) is 3.59. The molecule has 41 heavy (non-hydrogen) atoms. The van der Waals surface area contributed by atoms with Gasteiger partial charge in [0.05, 0.1) is 30.4 Å². The molecule has 1 aliphatic carbocycles. The number of hydrogen-bond acceptors (Lipinski definition) is 7. The van der Waals surface area contributed by atoms with Gasteiger partial charge in [-0.2, -0.15) is 13.2 Å². The Labute approximate surface area is 235 Å². The molecule has 0 unspecified atom stereocenters. The lowest BCUT2D eigenvalue weighted by Gasteiger charge is -2.46. The fraction of sp³-hybridized carbons (Fsp3) is 0.517. The van der Waals surface area contributed by atoms with E-state index >= 15 is 0 Å². The van der Waals surface area contributed by atoms with Crippen LogP contribution in [-0.4, -0.2) is 73.1 Å². The predicted molar refractivity (Wildman–Crippen MR) is 141 cm³/mol. The lowest BCUT2D eigenvalue weighted by Crippen LogP contribution is -2.50. The van der Waals surface area contributed by atoms with Gasteiger partial charge in [-0.3, -0.25) is 14.5 Å². The third-order valence-corrected chi connectivity index (χ3v) is 8.15. The van der Waals surface area contributed by atoms with Crippen LogP contribution in [0.3, 0.4) is 0 Å². The van der Waals surface area contributed by atoms with Gasteiger partial charge in [-0.15, -0.1) is 0 Å². The van der Waals surface area contributed by atoms with Gasteiger partial charge in [0.15, 0.2) is 11.5 Å². The van der Waals surface area contributed by atoms with Gasteiger partial charge in [0, 0.05) is 30.8 Å². The molecule has 1 saturated carbocycles. The Morgan fingerprint density at radius 3 is 2.59 bits per heavy atom. The summed E-state index contributed by atoms with van der Waals surface area (Å²) in [5.74, 6) is 0.113. The Kier molecular flexibility index (Phi) is 8.44. The van der Waals surface area contributed by atoms with Gasteiger partial charge in [-0.1, -0.05) is 12.1 Å². The normalized spacial score (nSPS) is 26.1. The van der Waals surface area contributed by atoms with E-state index in [-0.39, 0.29) is 30.6 Å². The third kappa shape index (κ3) is 6.29. The van der Waals surface area contributed by atoms with Gasteiger partial charge >= 0.3 is 6.18 Å². The van der Waals surface area contributed by atoms with Gasteiger partial charge in [-0.25, -0.2) is 0 Å². The van der Waals surface area contributed by atoms with Crippen LogP contribution in [0.4, 0.5) is 13.2 Å². The number of nitrogens with one attached hydrogen (secondary N) is 2. The molecule has 2 amide bonds. The summed E-state index contributed by atoms with van der Waals surface area (Å²) < 4.78 is 56.2. The number of carbonyl (C=O) groups excluding carboxylic acids is 2. The van der Waals surface area contributed by atoms with Crippen LogP contribution < -0.4 is 20.1 Å². The Morgan fingerprint density at radius 1 is 1.10 bits per heavy atom. The minimum atomic E-state index is -4.58. The summed E-state index contributed by atoms with van der Waals surface area (Å²) in [6.07, 6.45) is -2.60. The van der Waals surface area contributed by atoms with Crippen molar-refractivity contribution >= 4 is 11.8 Å². The van der Waals surface area contributed by atoms with Crippen molar-refractivity contribution in [1.82, 2.24) is 15.5 Å². The van der Waals surface area contributed by atoms with Crippen LogP contribution in [0, 0.1) is 0 Å². The predicted octanol–water partition coefficient (Wildman–Crippen LogP) is 3.20. The maximum Gasteiger partial charge on any atom is 0.416 e. The number of carbonyl (C=O) groups is 2. The number of nitrogens with zero attached hydrogens (tertiary/aromatic N) is 1. The zero-order valence-corrected chi connectivity index (χ0v) is 22.7. The molecule has 0 aromatic heterocycles. The van der Waals surface area contributed by atoms with Crippen molar-refractivity contribution in [2.24, 2.45) is 0 Å². The van der Waals surface area contributed by atoms with Crippen molar-refractivity contribution in [2.45, 2.75) is 62.6 Å². The fourth-order valence-electron chi connectivity index (χ4n) is 6.06. The molecule has 2 atom stereocenters. The highest BCUT2D eigenvalue weighted by molar-refractivity contribution is 5.96. The van der Waals surface area contributed by atoms with Crippen LogP contribution in [0.2, 0.25) is 0 Å². The lowest BCUT2D eigenvalue weighted by atomic mass is 9.74. The van der Waals surface area contributed by atoms with Crippen molar-refractivity contribution < 1.29 is 42.1 Å². The first kappa shape index (κ1) is 29.2. The van der Waals surface area contributed by atoms with Crippen LogP contribution in [0.5, 0.6) is 11.5 Å². The van der Waals surface area contributed by atoms with Crippen molar-refractivity contribution in [3.63, 3.8) is 0 Å². The molecule has 12 heteroatoms. The van der Waals surface area contributed by atoms with E-state index < -0.39 is 35.6 Å². The van der Waals surface area contributed by atoms with Crippen LogP contribution in [0.15, 0.2) is 42.5 Å². The smallest absolute Gasteiger partial charge is 0.416 e. The van der Waals surface area contributed by atoms with Gasteiger partial charge in [0.25, 0.3) is 5.91 Å². The van der Waals surface area contributed by atoms with E-state index in [4.69, 9.17) is 14.2 Å². The summed E-state index contributed by atoms with van der Waals surface area (Å²) in [6.45, 7) is 3.10. The first-order valence-corrected chi connectivity index (χ1v) is 13.8. The number of halogens is 3. The van der Waals surface area contributed by atoms with Crippen molar-refractivity contribution in [2.75, 3.05) is 33.0 Å². The molecule has 2 aromatic rings. The minimum absolute atomic E-state index is 0.166. The van der Waals surface area contributed by atoms with Crippen LogP contribution in [-0.2, 0) is 21.2 Å². The quantitative estimate of drug-likeness (QED) is 0.442. The van der Waals surface area contributed by atoms with E-state index in [0.717, 1.165) is 23.8 Å². The van der Waals surface area contributed by atoms with Crippen molar-refractivity contribution in [3.8, 4) is 11.5 Å². The molecule has 3 aliphatic rings. The van der Waals surface area contributed by atoms with Crippen LogP contribution in [0.1, 0.15) is 54.1 Å². The number of rotatable bonds is 8. The maximum atomic E-state index is 13.0. The van der Waals surface area contributed by atoms with E-state index in [9.17, 15) is 27.9 Å². The minimum Gasteiger partial charge on any atom is -0.454 e. The second-order valence-corrected chi connectivity index (χ2v) is 10.7. The zero-order chi connectivity index (χ0) is 29.2. The van der Waals surface area contributed by atoms with Crippen LogP contribution >= 0.6 is 0 Å².